The summed E-state index contributed by atoms with van der Waals surface area (Å²) in [6.45, 7) is 6.45. The SMILES string of the molecule is CC(C)(C)NCCc1ccc(C#N)c(C(F)(F)F)n1. The highest BCUT2D eigenvalue weighted by Crippen LogP contribution is 2.30. The largest absolute Gasteiger partial charge is 0.434 e. The van der Waals surface area contributed by atoms with Crippen molar-refractivity contribution < 1.29 is 13.2 Å². The molecule has 1 N–H and O–H groups in total. The molecule has 1 aromatic heterocycles. The monoisotopic (exact) mass is 271 g/mol. The van der Waals surface area contributed by atoms with Crippen molar-refractivity contribution in [3.05, 3.63) is 29.1 Å². The van der Waals surface area contributed by atoms with Gasteiger partial charge in [0.15, 0.2) is 5.69 Å². The van der Waals surface area contributed by atoms with E-state index < -0.39 is 17.4 Å². The summed E-state index contributed by atoms with van der Waals surface area (Å²) in [4.78, 5) is 3.55. The number of nitriles is 1. The Labute approximate surface area is 110 Å². The van der Waals surface area contributed by atoms with E-state index in [1.165, 1.54) is 18.2 Å². The molecule has 0 aliphatic rings. The average molecular weight is 271 g/mol. The number of pyridine rings is 1. The molecule has 0 fully saturated rings. The lowest BCUT2D eigenvalue weighted by atomic mass is 10.1. The number of hydrogen-bond donors (Lipinski definition) is 1. The van der Waals surface area contributed by atoms with E-state index in [-0.39, 0.29) is 5.54 Å². The summed E-state index contributed by atoms with van der Waals surface area (Å²) in [5, 5.41) is 11.8. The number of hydrogen-bond acceptors (Lipinski definition) is 3. The molecule has 0 radical (unpaired) electrons. The molecule has 0 aromatic carbocycles. The number of rotatable bonds is 3. The Bertz CT molecular complexity index is 481. The number of halogens is 3. The Kier molecular flexibility index (Phi) is 4.53. The molecule has 0 atom stereocenters. The smallest absolute Gasteiger partial charge is 0.312 e. The normalized spacial score (nSPS) is 12.3. The van der Waals surface area contributed by atoms with Gasteiger partial charge < -0.3 is 5.32 Å². The van der Waals surface area contributed by atoms with Crippen molar-refractivity contribution in [2.75, 3.05) is 6.54 Å². The maximum Gasteiger partial charge on any atom is 0.434 e. The van der Waals surface area contributed by atoms with Crippen LogP contribution in [0.3, 0.4) is 0 Å². The second-order valence-corrected chi connectivity index (χ2v) is 5.24. The molecule has 1 aromatic rings. The van der Waals surface area contributed by atoms with Gasteiger partial charge in [0.05, 0.1) is 5.56 Å². The van der Waals surface area contributed by atoms with Crippen LogP contribution in [0.15, 0.2) is 12.1 Å². The van der Waals surface area contributed by atoms with E-state index in [1.54, 1.807) is 0 Å². The predicted molar refractivity (Wildman–Crippen MR) is 65.4 cm³/mol. The van der Waals surface area contributed by atoms with Crippen LogP contribution in [0.4, 0.5) is 13.2 Å². The van der Waals surface area contributed by atoms with Crippen molar-refractivity contribution in [3.63, 3.8) is 0 Å². The van der Waals surface area contributed by atoms with E-state index in [2.05, 4.69) is 10.3 Å². The van der Waals surface area contributed by atoms with Gasteiger partial charge in [0, 0.05) is 24.2 Å². The van der Waals surface area contributed by atoms with Gasteiger partial charge >= 0.3 is 6.18 Å². The molecule has 104 valence electrons. The lowest BCUT2D eigenvalue weighted by Crippen LogP contribution is -2.37. The van der Waals surface area contributed by atoms with Crippen molar-refractivity contribution >= 4 is 0 Å². The Morgan fingerprint density at radius 3 is 2.37 bits per heavy atom. The first-order valence-corrected chi connectivity index (χ1v) is 5.86. The third kappa shape index (κ3) is 4.87. The second-order valence-electron chi connectivity index (χ2n) is 5.24. The minimum atomic E-state index is -4.60. The highest BCUT2D eigenvalue weighted by atomic mass is 19.4. The van der Waals surface area contributed by atoms with Gasteiger partial charge in [-0.2, -0.15) is 18.4 Å². The predicted octanol–water partition coefficient (Wildman–Crippen LogP) is 2.90. The molecule has 0 aliphatic carbocycles. The molecule has 0 amide bonds. The Morgan fingerprint density at radius 1 is 1.26 bits per heavy atom. The van der Waals surface area contributed by atoms with E-state index in [9.17, 15) is 13.2 Å². The minimum absolute atomic E-state index is 0.0978. The highest BCUT2D eigenvalue weighted by Gasteiger charge is 2.35. The van der Waals surface area contributed by atoms with Gasteiger partial charge in [0.1, 0.15) is 6.07 Å². The molecule has 3 nitrogen and oxygen atoms in total. The van der Waals surface area contributed by atoms with E-state index in [4.69, 9.17) is 5.26 Å². The van der Waals surface area contributed by atoms with Crippen LogP contribution in [0, 0.1) is 11.3 Å². The topological polar surface area (TPSA) is 48.7 Å². The standard InChI is InChI=1S/C13H16F3N3/c1-12(2,3)18-7-6-10-5-4-9(8-17)11(19-10)13(14,15)16/h4-5,18H,6-7H2,1-3H3. The Balaban J connectivity index is 2.86. The molecular weight excluding hydrogens is 255 g/mol. The molecule has 0 saturated carbocycles. The van der Waals surface area contributed by atoms with E-state index in [0.29, 0.717) is 18.7 Å². The number of alkyl halides is 3. The quantitative estimate of drug-likeness (QED) is 0.919. The summed E-state index contributed by atoms with van der Waals surface area (Å²) >= 11 is 0. The molecule has 0 unspecified atom stereocenters. The Hall–Kier alpha value is -1.61. The minimum Gasteiger partial charge on any atom is -0.312 e. The van der Waals surface area contributed by atoms with Crippen molar-refractivity contribution in [2.24, 2.45) is 0 Å². The van der Waals surface area contributed by atoms with Gasteiger partial charge in [-0.25, -0.2) is 4.98 Å². The summed E-state index contributed by atoms with van der Waals surface area (Å²) in [6, 6.07) is 4.14. The maximum atomic E-state index is 12.7. The van der Waals surface area contributed by atoms with Crippen LogP contribution in [0.1, 0.15) is 37.7 Å². The van der Waals surface area contributed by atoms with Crippen LogP contribution in [0.25, 0.3) is 0 Å². The molecule has 0 aliphatic heterocycles. The average Bonchev–Trinajstić information content (AvgIpc) is 2.26. The second kappa shape index (κ2) is 5.57. The number of aromatic nitrogens is 1. The zero-order valence-corrected chi connectivity index (χ0v) is 11.1. The molecule has 0 spiro atoms. The molecule has 6 heteroatoms. The number of nitrogens with zero attached hydrogens (tertiary/aromatic N) is 2. The first kappa shape index (κ1) is 15.4. The van der Waals surface area contributed by atoms with E-state index >= 15 is 0 Å². The fourth-order valence-electron chi connectivity index (χ4n) is 1.51. The lowest BCUT2D eigenvalue weighted by molar-refractivity contribution is -0.141. The van der Waals surface area contributed by atoms with Gasteiger partial charge in [0.25, 0.3) is 0 Å². The van der Waals surface area contributed by atoms with Gasteiger partial charge in [0.2, 0.25) is 0 Å². The molecule has 1 heterocycles. The van der Waals surface area contributed by atoms with Gasteiger partial charge in [-0.3, -0.25) is 0 Å². The van der Waals surface area contributed by atoms with E-state index in [0.717, 1.165) is 0 Å². The summed E-state index contributed by atoms with van der Waals surface area (Å²) < 4.78 is 38.1. The first-order chi connectivity index (χ1) is 8.63. The van der Waals surface area contributed by atoms with Crippen LogP contribution in [0.2, 0.25) is 0 Å². The van der Waals surface area contributed by atoms with Crippen LogP contribution in [-0.4, -0.2) is 17.1 Å². The number of nitrogens with one attached hydrogen (secondary N) is 1. The van der Waals surface area contributed by atoms with Crippen LogP contribution in [0.5, 0.6) is 0 Å². The van der Waals surface area contributed by atoms with Gasteiger partial charge in [-0.1, -0.05) is 0 Å². The summed E-state index contributed by atoms with van der Waals surface area (Å²) in [7, 11) is 0. The first-order valence-electron chi connectivity index (χ1n) is 5.86. The zero-order chi connectivity index (χ0) is 14.7. The molecule has 0 bridgehead atoms. The fraction of sp³-hybridized carbons (Fsp3) is 0.538. The molecular formula is C13H16F3N3. The summed E-state index contributed by atoms with van der Waals surface area (Å²) in [5.74, 6) is 0. The van der Waals surface area contributed by atoms with Gasteiger partial charge in [-0.05, 0) is 32.9 Å². The summed E-state index contributed by atoms with van der Waals surface area (Å²) in [6.07, 6.45) is -4.22. The van der Waals surface area contributed by atoms with Crippen LogP contribution >= 0.6 is 0 Å². The summed E-state index contributed by atoms with van der Waals surface area (Å²) in [5.41, 5.74) is -1.33. The van der Waals surface area contributed by atoms with Gasteiger partial charge in [-0.15, -0.1) is 0 Å². The molecule has 0 saturated heterocycles. The highest BCUT2D eigenvalue weighted by molar-refractivity contribution is 5.36. The fourth-order valence-corrected chi connectivity index (χ4v) is 1.51. The third-order valence-electron chi connectivity index (χ3n) is 2.38. The molecule has 1 rings (SSSR count). The zero-order valence-electron chi connectivity index (χ0n) is 11.1. The third-order valence-corrected chi connectivity index (χ3v) is 2.38. The van der Waals surface area contributed by atoms with E-state index in [1.807, 2.05) is 20.8 Å². The maximum absolute atomic E-state index is 12.7. The molecule has 19 heavy (non-hydrogen) atoms. The Morgan fingerprint density at radius 2 is 1.89 bits per heavy atom. The lowest BCUT2D eigenvalue weighted by Gasteiger charge is -2.20. The van der Waals surface area contributed by atoms with Crippen molar-refractivity contribution in [1.82, 2.24) is 10.3 Å². The van der Waals surface area contributed by atoms with Crippen molar-refractivity contribution in [3.8, 4) is 6.07 Å². The van der Waals surface area contributed by atoms with Crippen LogP contribution in [-0.2, 0) is 12.6 Å². The van der Waals surface area contributed by atoms with Crippen molar-refractivity contribution in [2.45, 2.75) is 38.9 Å². The van der Waals surface area contributed by atoms with Crippen LogP contribution < -0.4 is 5.32 Å². The van der Waals surface area contributed by atoms with Crippen molar-refractivity contribution in [1.29, 1.82) is 5.26 Å².